The smallest absolute Gasteiger partial charge is 0.313 e. The van der Waals surface area contributed by atoms with Crippen LogP contribution in [0.15, 0.2) is 0 Å². The zero-order chi connectivity index (χ0) is 12.3. The molecule has 6 heteroatoms. The number of nitrogens with zero attached hydrogens (tertiary/aromatic N) is 1. The Hall–Kier alpha value is -1.04. The molecule has 0 bridgehead atoms. The third-order valence-electron chi connectivity index (χ3n) is 2.58. The van der Waals surface area contributed by atoms with Gasteiger partial charge < -0.3 is 5.11 Å². The molecule has 2 amide bonds. The maximum atomic E-state index is 11.8. The summed E-state index contributed by atoms with van der Waals surface area (Å²) in [5.74, 6) is -1.54. The predicted octanol–water partition coefficient (Wildman–Crippen LogP) is 0.730. The minimum Gasteiger partial charge on any atom is -0.481 e. The summed E-state index contributed by atoms with van der Waals surface area (Å²) in [4.78, 5) is 35.1. The van der Waals surface area contributed by atoms with Crippen LogP contribution < -0.4 is 0 Å². The lowest BCUT2D eigenvalue weighted by molar-refractivity contribution is -0.140. The van der Waals surface area contributed by atoms with E-state index in [2.05, 4.69) is 0 Å². The minimum absolute atomic E-state index is 0.101. The Morgan fingerprint density at radius 1 is 1.62 bits per heavy atom. The number of likely N-dealkylation sites (tertiary alicyclic amines) is 1. The van der Waals surface area contributed by atoms with Crippen LogP contribution in [-0.4, -0.2) is 44.8 Å². The molecule has 90 valence electrons. The Balaban J connectivity index is 2.63. The van der Waals surface area contributed by atoms with Gasteiger partial charge >= 0.3 is 5.97 Å². The topological polar surface area (TPSA) is 74.7 Å². The van der Waals surface area contributed by atoms with Gasteiger partial charge in [0.15, 0.2) is 0 Å². The molecule has 0 aliphatic carbocycles. The summed E-state index contributed by atoms with van der Waals surface area (Å²) in [6, 6.07) is -0.101. The molecule has 0 aromatic heterocycles. The number of carbonyl (C=O) groups is 3. The third-order valence-corrected chi connectivity index (χ3v) is 3.77. The molecular weight excluding hydrogens is 230 g/mol. The number of hydrogen-bond acceptors (Lipinski definition) is 4. The normalized spacial score (nSPS) is 22.6. The van der Waals surface area contributed by atoms with Crippen LogP contribution in [0.4, 0.5) is 0 Å². The van der Waals surface area contributed by atoms with Crippen LogP contribution in [0.1, 0.15) is 26.7 Å². The highest BCUT2D eigenvalue weighted by molar-refractivity contribution is 8.01. The molecule has 16 heavy (non-hydrogen) atoms. The second kappa shape index (κ2) is 5.34. The van der Waals surface area contributed by atoms with Gasteiger partial charge in [-0.1, -0.05) is 6.92 Å². The molecule has 1 heterocycles. The molecule has 0 aromatic carbocycles. The quantitative estimate of drug-likeness (QED) is 0.723. The lowest BCUT2D eigenvalue weighted by Gasteiger charge is -2.21. The highest BCUT2D eigenvalue weighted by Gasteiger charge is 2.40. The summed E-state index contributed by atoms with van der Waals surface area (Å²) in [7, 11) is 0. The summed E-state index contributed by atoms with van der Waals surface area (Å²) >= 11 is 1.02. The zero-order valence-electron chi connectivity index (χ0n) is 9.30. The molecule has 1 saturated heterocycles. The number of carbonyl (C=O) groups excluding carboxylic acids is 2. The van der Waals surface area contributed by atoms with Gasteiger partial charge in [0.25, 0.3) is 0 Å². The van der Waals surface area contributed by atoms with E-state index in [1.165, 1.54) is 4.90 Å². The van der Waals surface area contributed by atoms with Gasteiger partial charge in [-0.05, 0) is 13.3 Å². The molecule has 1 aliphatic heterocycles. The Kier molecular flexibility index (Phi) is 4.35. The number of carboxylic acid groups (broad SMARTS) is 1. The van der Waals surface area contributed by atoms with Crippen molar-refractivity contribution in [2.45, 2.75) is 38.0 Å². The first-order valence-corrected chi connectivity index (χ1v) is 6.21. The van der Waals surface area contributed by atoms with E-state index in [0.717, 1.165) is 11.8 Å². The summed E-state index contributed by atoms with van der Waals surface area (Å²) in [5, 5.41) is 8.00. The fraction of sp³-hybridized carbons (Fsp3) is 0.700. The van der Waals surface area contributed by atoms with Gasteiger partial charge in [-0.25, -0.2) is 0 Å². The average molecular weight is 245 g/mol. The van der Waals surface area contributed by atoms with Crippen molar-refractivity contribution in [1.29, 1.82) is 0 Å². The van der Waals surface area contributed by atoms with Crippen LogP contribution in [0, 0.1) is 0 Å². The molecule has 1 rings (SSSR count). The Labute approximate surface area is 98.2 Å². The van der Waals surface area contributed by atoms with Crippen LogP contribution in [0.2, 0.25) is 0 Å². The van der Waals surface area contributed by atoms with E-state index >= 15 is 0 Å². The highest BCUT2D eigenvalue weighted by atomic mass is 32.2. The van der Waals surface area contributed by atoms with Gasteiger partial charge in [0.2, 0.25) is 11.8 Å². The molecule has 1 fully saturated rings. The molecule has 2 atom stereocenters. The fourth-order valence-electron chi connectivity index (χ4n) is 1.57. The van der Waals surface area contributed by atoms with E-state index in [1.54, 1.807) is 0 Å². The fourth-order valence-corrected chi connectivity index (χ4v) is 2.43. The van der Waals surface area contributed by atoms with Crippen molar-refractivity contribution in [2.24, 2.45) is 0 Å². The van der Waals surface area contributed by atoms with E-state index in [-0.39, 0.29) is 30.0 Å². The summed E-state index contributed by atoms with van der Waals surface area (Å²) < 4.78 is 0. The SMILES string of the molecule is CCC(C)N1C(=O)CC(SCC(=O)O)C1=O. The third kappa shape index (κ3) is 2.75. The largest absolute Gasteiger partial charge is 0.481 e. The van der Waals surface area contributed by atoms with Gasteiger partial charge in [0.1, 0.15) is 0 Å². The number of rotatable bonds is 5. The molecule has 1 aliphatic rings. The first-order valence-electron chi connectivity index (χ1n) is 5.16. The maximum absolute atomic E-state index is 11.8. The van der Waals surface area contributed by atoms with Crippen LogP contribution in [0.5, 0.6) is 0 Å². The average Bonchev–Trinajstić information content (AvgIpc) is 2.50. The van der Waals surface area contributed by atoms with Crippen LogP contribution >= 0.6 is 11.8 Å². The predicted molar refractivity (Wildman–Crippen MR) is 60.1 cm³/mol. The van der Waals surface area contributed by atoms with Crippen molar-refractivity contribution in [3.05, 3.63) is 0 Å². The molecule has 1 N–H and O–H groups in total. The molecule has 0 spiro atoms. The maximum Gasteiger partial charge on any atom is 0.313 e. The zero-order valence-corrected chi connectivity index (χ0v) is 10.1. The molecule has 0 saturated carbocycles. The highest BCUT2D eigenvalue weighted by Crippen LogP contribution is 2.27. The van der Waals surface area contributed by atoms with Gasteiger partial charge in [0, 0.05) is 12.5 Å². The van der Waals surface area contributed by atoms with E-state index in [1.807, 2.05) is 13.8 Å². The lowest BCUT2D eigenvalue weighted by Crippen LogP contribution is -2.38. The monoisotopic (exact) mass is 245 g/mol. The number of thioether (sulfide) groups is 1. The lowest BCUT2D eigenvalue weighted by atomic mass is 10.2. The Bertz CT molecular complexity index is 318. The van der Waals surface area contributed by atoms with E-state index in [4.69, 9.17) is 5.11 Å². The summed E-state index contributed by atoms with van der Waals surface area (Å²) in [6.07, 6.45) is 0.842. The Morgan fingerprint density at radius 2 is 2.25 bits per heavy atom. The van der Waals surface area contributed by atoms with Gasteiger partial charge in [-0.15, -0.1) is 11.8 Å². The molecule has 5 nitrogen and oxygen atoms in total. The van der Waals surface area contributed by atoms with Crippen LogP contribution in [-0.2, 0) is 14.4 Å². The first kappa shape index (κ1) is 13.0. The second-order valence-corrected chi connectivity index (χ2v) is 4.95. The van der Waals surface area contributed by atoms with E-state index in [9.17, 15) is 14.4 Å². The van der Waals surface area contributed by atoms with E-state index < -0.39 is 11.2 Å². The van der Waals surface area contributed by atoms with E-state index in [0.29, 0.717) is 6.42 Å². The van der Waals surface area contributed by atoms with Crippen molar-refractivity contribution in [1.82, 2.24) is 4.90 Å². The number of imide groups is 1. The minimum atomic E-state index is -0.966. The molecule has 0 aromatic rings. The van der Waals surface area contributed by atoms with Crippen molar-refractivity contribution in [3.63, 3.8) is 0 Å². The number of hydrogen-bond donors (Lipinski definition) is 1. The van der Waals surface area contributed by atoms with Gasteiger partial charge in [0.05, 0.1) is 11.0 Å². The van der Waals surface area contributed by atoms with Gasteiger partial charge in [-0.2, -0.15) is 0 Å². The number of amides is 2. The molecular formula is C10H15NO4S. The molecule has 2 unspecified atom stereocenters. The number of aliphatic carboxylic acids is 1. The van der Waals surface area contributed by atoms with Gasteiger partial charge in [-0.3, -0.25) is 19.3 Å². The van der Waals surface area contributed by atoms with Crippen molar-refractivity contribution in [3.8, 4) is 0 Å². The van der Waals surface area contributed by atoms with Crippen molar-refractivity contribution in [2.75, 3.05) is 5.75 Å². The van der Waals surface area contributed by atoms with Crippen LogP contribution in [0.3, 0.4) is 0 Å². The summed E-state index contributed by atoms with van der Waals surface area (Å²) in [6.45, 7) is 3.73. The van der Waals surface area contributed by atoms with Crippen molar-refractivity contribution >= 4 is 29.5 Å². The standard InChI is InChI=1S/C10H15NO4S/c1-3-6(2)11-8(12)4-7(10(11)15)16-5-9(13)14/h6-7H,3-5H2,1-2H3,(H,13,14). The summed E-state index contributed by atoms with van der Waals surface area (Å²) in [5.41, 5.74) is 0. The van der Waals surface area contributed by atoms with Crippen LogP contribution in [0.25, 0.3) is 0 Å². The number of carboxylic acids is 1. The first-order chi connectivity index (χ1) is 7.47. The molecule has 0 radical (unpaired) electrons. The Morgan fingerprint density at radius 3 is 2.75 bits per heavy atom. The second-order valence-electron chi connectivity index (χ2n) is 3.76. The van der Waals surface area contributed by atoms with Crippen molar-refractivity contribution < 1.29 is 19.5 Å².